The minimum absolute atomic E-state index is 0.0644. The minimum Gasteiger partial charge on any atom is -0.455 e. The lowest BCUT2D eigenvalue weighted by atomic mass is 10.0. The Bertz CT molecular complexity index is 1170. The van der Waals surface area contributed by atoms with E-state index in [0.29, 0.717) is 10.8 Å². The molecule has 24 heavy (non-hydrogen) atoms. The van der Waals surface area contributed by atoms with E-state index in [-0.39, 0.29) is 11.0 Å². The van der Waals surface area contributed by atoms with Crippen LogP contribution in [-0.2, 0) is 6.18 Å². The monoisotopic (exact) mass is 328 g/mol. The maximum Gasteiger partial charge on any atom is 0.420 e. The molecule has 0 N–H and O–H groups in total. The van der Waals surface area contributed by atoms with Gasteiger partial charge in [0.25, 0.3) is 0 Å². The predicted octanol–water partition coefficient (Wildman–Crippen LogP) is 5.43. The lowest BCUT2D eigenvalue weighted by molar-refractivity contribution is -0.136. The highest BCUT2D eigenvalue weighted by Gasteiger charge is 2.34. The van der Waals surface area contributed by atoms with Crippen molar-refractivity contribution in [2.75, 3.05) is 0 Å². The highest BCUT2D eigenvalue weighted by molar-refractivity contribution is 6.08. The molecule has 1 heterocycles. The SMILES string of the molecule is Cc1ccc2c(ccc3oc4c(C(F)(F)F)cccc4c(=O)c32)c1. The highest BCUT2D eigenvalue weighted by Crippen LogP contribution is 2.36. The molecule has 0 amide bonds. The molecular formula is C19H11F3O2. The van der Waals surface area contributed by atoms with E-state index in [0.717, 1.165) is 17.0 Å². The molecule has 2 nitrogen and oxygen atoms in total. The van der Waals surface area contributed by atoms with E-state index in [1.807, 2.05) is 19.1 Å². The van der Waals surface area contributed by atoms with Crippen LogP contribution in [0.25, 0.3) is 32.7 Å². The summed E-state index contributed by atoms with van der Waals surface area (Å²) in [4.78, 5) is 12.8. The zero-order chi connectivity index (χ0) is 17.1. The summed E-state index contributed by atoms with van der Waals surface area (Å²) < 4.78 is 45.1. The van der Waals surface area contributed by atoms with Crippen LogP contribution >= 0.6 is 0 Å². The molecule has 1 aromatic heterocycles. The number of para-hydroxylation sites is 1. The molecule has 0 aliphatic heterocycles. The van der Waals surface area contributed by atoms with Gasteiger partial charge in [-0.2, -0.15) is 13.2 Å². The van der Waals surface area contributed by atoms with Gasteiger partial charge in [0.2, 0.25) is 5.43 Å². The van der Waals surface area contributed by atoms with Gasteiger partial charge in [-0.05, 0) is 35.9 Å². The van der Waals surface area contributed by atoms with Crippen molar-refractivity contribution >= 4 is 32.7 Å². The van der Waals surface area contributed by atoms with Crippen molar-refractivity contribution < 1.29 is 17.6 Å². The molecule has 4 rings (SSSR count). The van der Waals surface area contributed by atoms with Gasteiger partial charge < -0.3 is 4.42 Å². The van der Waals surface area contributed by atoms with E-state index in [1.165, 1.54) is 12.1 Å². The Balaban J connectivity index is 2.24. The minimum atomic E-state index is -4.59. The summed E-state index contributed by atoms with van der Waals surface area (Å²) >= 11 is 0. The fourth-order valence-electron chi connectivity index (χ4n) is 3.04. The lowest BCUT2D eigenvalue weighted by Crippen LogP contribution is -2.09. The maximum absolute atomic E-state index is 13.2. The number of aryl methyl sites for hydroxylation is 1. The van der Waals surface area contributed by atoms with Crippen LogP contribution in [0.5, 0.6) is 0 Å². The Morgan fingerprint density at radius 1 is 0.958 bits per heavy atom. The summed E-state index contributed by atoms with van der Waals surface area (Å²) in [5.74, 6) is 0. The van der Waals surface area contributed by atoms with Crippen molar-refractivity contribution in [3.63, 3.8) is 0 Å². The summed E-state index contributed by atoms with van der Waals surface area (Å²) in [7, 11) is 0. The molecule has 0 bridgehead atoms. The highest BCUT2D eigenvalue weighted by atomic mass is 19.4. The fraction of sp³-hybridized carbons (Fsp3) is 0.105. The van der Waals surface area contributed by atoms with Crippen LogP contribution in [0.1, 0.15) is 11.1 Å². The zero-order valence-electron chi connectivity index (χ0n) is 12.6. The third-order valence-electron chi connectivity index (χ3n) is 4.14. The van der Waals surface area contributed by atoms with E-state index < -0.39 is 22.8 Å². The van der Waals surface area contributed by atoms with Crippen LogP contribution in [0.4, 0.5) is 13.2 Å². The average Bonchev–Trinajstić information content (AvgIpc) is 2.53. The fourth-order valence-corrected chi connectivity index (χ4v) is 3.04. The van der Waals surface area contributed by atoms with E-state index in [9.17, 15) is 18.0 Å². The topological polar surface area (TPSA) is 30.2 Å². The van der Waals surface area contributed by atoms with Gasteiger partial charge in [0, 0.05) is 0 Å². The summed E-state index contributed by atoms with van der Waals surface area (Å²) in [6.45, 7) is 1.93. The van der Waals surface area contributed by atoms with Crippen LogP contribution in [0.3, 0.4) is 0 Å². The Kier molecular flexibility index (Phi) is 2.97. The smallest absolute Gasteiger partial charge is 0.420 e. The number of alkyl halides is 3. The average molecular weight is 328 g/mol. The van der Waals surface area contributed by atoms with E-state index >= 15 is 0 Å². The first kappa shape index (κ1) is 14.8. The Morgan fingerprint density at radius 2 is 1.75 bits per heavy atom. The number of halogens is 3. The third-order valence-corrected chi connectivity index (χ3v) is 4.14. The number of rotatable bonds is 0. The molecular weight excluding hydrogens is 317 g/mol. The number of fused-ring (bicyclic) bond motifs is 4. The summed E-state index contributed by atoms with van der Waals surface area (Å²) in [5.41, 5.74) is -0.629. The summed E-state index contributed by atoms with van der Waals surface area (Å²) in [5, 5.41) is 1.76. The third kappa shape index (κ3) is 2.08. The van der Waals surface area contributed by atoms with Crippen molar-refractivity contribution in [1.82, 2.24) is 0 Å². The van der Waals surface area contributed by atoms with Gasteiger partial charge in [0.15, 0.2) is 5.58 Å². The molecule has 120 valence electrons. The van der Waals surface area contributed by atoms with Crippen molar-refractivity contribution in [3.8, 4) is 0 Å². The van der Waals surface area contributed by atoms with Crippen LogP contribution < -0.4 is 5.43 Å². The molecule has 3 aromatic carbocycles. The van der Waals surface area contributed by atoms with Crippen LogP contribution in [0.2, 0.25) is 0 Å². The molecule has 0 saturated carbocycles. The number of hydrogen-bond acceptors (Lipinski definition) is 2. The largest absolute Gasteiger partial charge is 0.455 e. The van der Waals surface area contributed by atoms with Gasteiger partial charge in [-0.3, -0.25) is 4.79 Å². The van der Waals surface area contributed by atoms with Gasteiger partial charge in [0.05, 0.1) is 16.3 Å². The van der Waals surface area contributed by atoms with Gasteiger partial charge >= 0.3 is 6.18 Å². The molecule has 5 heteroatoms. The first-order chi connectivity index (χ1) is 11.4. The van der Waals surface area contributed by atoms with E-state index in [4.69, 9.17) is 4.42 Å². The molecule has 0 spiro atoms. The quantitative estimate of drug-likeness (QED) is 0.318. The summed E-state index contributed by atoms with van der Waals surface area (Å²) in [6.07, 6.45) is -4.59. The van der Waals surface area contributed by atoms with Crippen LogP contribution in [0, 0.1) is 6.92 Å². The number of benzene rings is 3. The zero-order valence-corrected chi connectivity index (χ0v) is 12.6. The standard InChI is InChI=1S/C19H11F3O2/c1-10-5-7-12-11(9-10)6-8-15-16(12)17(23)13-3-2-4-14(18(13)24-15)19(20,21)22/h2-9H,1H3. The first-order valence-electron chi connectivity index (χ1n) is 7.32. The van der Waals surface area contributed by atoms with Gasteiger partial charge in [0.1, 0.15) is 5.58 Å². The molecule has 0 unspecified atom stereocenters. The van der Waals surface area contributed by atoms with Crippen molar-refractivity contribution in [3.05, 3.63) is 69.9 Å². The van der Waals surface area contributed by atoms with Crippen molar-refractivity contribution in [1.29, 1.82) is 0 Å². The van der Waals surface area contributed by atoms with Crippen LogP contribution in [0.15, 0.2) is 57.7 Å². The normalized spacial score (nSPS) is 12.3. The predicted molar refractivity (Wildman–Crippen MR) is 87.2 cm³/mol. The Morgan fingerprint density at radius 3 is 2.50 bits per heavy atom. The molecule has 0 fully saturated rings. The number of hydrogen-bond donors (Lipinski definition) is 0. The second-order valence-electron chi connectivity index (χ2n) is 5.77. The Labute approximate surface area is 134 Å². The second kappa shape index (κ2) is 4.84. The van der Waals surface area contributed by atoms with Crippen molar-refractivity contribution in [2.45, 2.75) is 13.1 Å². The van der Waals surface area contributed by atoms with E-state index in [1.54, 1.807) is 18.2 Å². The lowest BCUT2D eigenvalue weighted by Gasteiger charge is -2.11. The second-order valence-corrected chi connectivity index (χ2v) is 5.77. The van der Waals surface area contributed by atoms with Crippen molar-refractivity contribution in [2.24, 2.45) is 0 Å². The molecule has 0 saturated heterocycles. The van der Waals surface area contributed by atoms with Gasteiger partial charge in [-0.1, -0.05) is 35.9 Å². The Hall–Kier alpha value is -2.82. The molecule has 0 aliphatic rings. The maximum atomic E-state index is 13.2. The first-order valence-corrected chi connectivity index (χ1v) is 7.32. The van der Waals surface area contributed by atoms with Gasteiger partial charge in [-0.25, -0.2) is 0 Å². The molecule has 0 aliphatic carbocycles. The van der Waals surface area contributed by atoms with Crippen LogP contribution in [-0.4, -0.2) is 0 Å². The molecule has 4 aromatic rings. The van der Waals surface area contributed by atoms with Gasteiger partial charge in [-0.15, -0.1) is 0 Å². The van der Waals surface area contributed by atoms with E-state index in [2.05, 4.69) is 0 Å². The summed E-state index contributed by atoms with van der Waals surface area (Å²) in [6, 6.07) is 12.4. The molecule has 0 atom stereocenters. The molecule has 0 radical (unpaired) electrons.